The minimum absolute atomic E-state index is 0.0173. The molecule has 0 fully saturated rings. The van der Waals surface area contributed by atoms with E-state index in [1.54, 1.807) is 0 Å². The van der Waals surface area contributed by atoms with E-state index >= 15 is 0 Å². The Morgan fingerprint density at radius 1 is 1.14 bits per heavy atom. The Hall–Kier alpha value is -2.00. The van der Waals surface area contributed by atoms with Crippen molar-refractivity contribution in [2.75, 3.05) is 21.3 Å². The monoisotopic (exact) mass is 319 g/mol. The fourth-order valence-corrected chi connectivity index (χ4v) is 3.08. The van der Waals surface area contributed by atoms with Crippen LogP contribution >= 0.6 is 0 Å². The molecule has 1 atom stereocenters. The number of hydrogen-bond donors (Lipinski definition) is 2. The number of carbonyl (C=O) groups is 1. The molecule has 118 valence electrons. The van der Waals surface area contributed by atoms with E-state index in [1.165, 1.54) is 40.4 Å². The van der Waals surface area contributed by atoms with Crippen LogP contribution in [0.3, 0.4) is 0 Å². The number of benzene rings is 1. The highest BCUT2D eigenvalue weighted by Gasteiger charge is 2.29. The first kappa shape index (κ1) is 17.1. The van der Waals surface area contributed by atoms with E-state index in [0.717, 1.165) is 0 Å². The van der Waals surface area contributed by atoms with Crippen LogP contribution in [0.15, 0.2) is 17.0 Å². The molecule has 1 aromatic rings. The van der Waals surface area contributed by atoms with Gasteiger partial charge in [-0.1, -0.05) is 0 Å². The third kappa shape index (κ3) is 3.76. The highest BCUT2D eigenvalue weighted by Crippen LogP contribution is 2.37. The smallest absolute Gasteiger partial charge is 0.321 e. The quantitative estimate of drug-likeness (QED) is 0.751. The highest BCUT2D eigenvalue weighted by molar-refractivity contribution is 7.89. The van der Waals surface area contributed by atoms with Crippen LogP contribution in [0.4, 0.5) is 0 Å². The molecular weight excluding hydrogens is 302 g/mol. The van der Waals surface area contributed by atoms with Crippen molar-refractivity contribution in [2.24, 2.45) is 0 Å². The average molecular weight is 319 g/mol. The SMILES string of the molecule is COc1cc(OC)c(S(=O)(=O)N[C@@H](C)C(=O)O)c(OC)c1. The molecule has 0 spiro atoms. The van der Waals surface area contributed by atoms with Crippen molar-refractivity contribution in [3.05, 3.63) is 12.1 Å². The number of ether oxygens (including phenoxy) is 3. The second-order valence-corrected chi connectivity index (χ2v) is 5.69. The molecule has 0 aromatic heterocycles. The Morgan fingerprint density at radius 2 is 1.62 bits per heavy atom. The molecular formula is C12H17NO7S. The van der Waals surface area contributed by atoms with Gasteiger partial charge in [0.05, 0.1) is 21.3 Å². The minimum atomic E-state index is -4.15. The molecule has 9 heteroatoms. The zero-order valence-electron chi connectivity index (χ0n) is 12.0. The molecule has 0 saturated carbocycles. The normalized spacial score (nSPS) is 12.6. The first-order valence-corrected chi connectivity index (χ1v) is 7.30. The summed E-state index contributed by atoms with van der Waals surface area (Å²) in [5.41, 5.74) is 0. The van der Waals surface area contributed by atoms with Crippen molar-refractivity contribution in [3.63, 3.8) is 0 Å². The molecule has 0 amide bonds. The number of sulfonamides is 1. The number of methoxy groups -OCH3 is 3. The minimum Gasteiger partial charge on any atom is -0.496 e. The maximum atomic E-state index is 12.3. The largest absolute Gasteiger partial charge is 0.496 e. The third-order valence-corrected chi connectivity index (χ3v) is 4.24. The lowest BCUT2D eigenvalue weighted by atomic mass is 10.3. The summed E-state index contributed by atoms with van der Waals surface area (Å²) in [4.78, 5) is 10.5. The molecule has 1 rings (SSSR count). The van der Waals surface area contributed by atoms with E-state index in [2.05, 4.69) is 0 Å². The molecule has 0 aliphatic carbocycles. The summed E-state index contributed by atoms with van der Waals surface area (Å²) >= 11 is 0. The number of carboxylic acid groups (broad SMARTS) is 1. The topological polar surface area (TPSA) is 111 Å². The Morgan fingerprint density at radius 3 is 1.95 bits per heavy atom. The van der Waals surface area contributed by atoms with Crippen LogP contribution in [-0.2, 0) is 14.8 Å². The van der Waals surface area contributed by atoms with Gasteiger partial charge in [-0.3, -0.25) is 4.79 Å². The van der Waals surface area contributed by atoms with E-state index in [9.17, 15) is 13.2 Å². The second kappa shape index (κ2) is 6.64. The van der Waals surface area contributed by atoms with Crippen molar-refractivity contribution in [1.29, 1.82) is 0 Å². The lowest BCUT2D eigenvalue weighted by Crippen LogP contribution is -2.38. The number of aliphatic carboxylic acids is 1. The van der Waals surface area contributed by atoms with Gasteiger partial charge in [0.25, 0.3) is 0 Å². The van der Waals surface area contributed by atoms with E-state index in [-0.39, 0.29) is 16.4 Å². The van der Waals surface area contributed by atoms with Crippen LogP contribution in [0, 0.1) is 0 Å². The van der Waals surface area contributed by atoms with Gasteiger partial charge in [0, 0.05) is 12.1 Å². The fourth-order valence-electron chi connectivity index (χ4n) is 1.58. The van der Waals surface area contributed by atoms with Gasteiger partial charge in [0.2, 0.25) is 10.0 Å². The summed E-state index contributed by atoms with van der Waals surface area (Å²) in [6, 6.07) is 1.43. The Bertz CT molecular complexity index is 601. The van der Waals surface area contributed by atoms with Gasteiger partial charge in [-0.25, -0.2) is 8.42 Å². The zero-order valence-corrected chi connectivity index (χ0v) is 12.9. The van der Waals surface area contributed by atoms with Gasteiger partial charge >= 0.3 is 5.97 Å². The maximum absolute atomic E-state index is 12.3. The lowest BCUT2D eigenvalue weighted by Gasteiger charge is -2.17. The lowest BCUT2D eigenvalue weighted by molar-refractivity contribution is -0.138. The van der Waals surface area contributed by atoms with Crippen molar-refractivity contribution >= 4 is 16.0 Å². The van der Waals surface area contributed by atoms with Crippen LogP contribution in [0.2, 0.25) is 0 Å². The number of nitrogens with one attached hydrogen (secondary N) is 1. The van der Waals surface area contributed by atoms with E-state index < -0.39 is 22.0 Å². The van der Waals surface area contributed by atoms with E-state index in [4.69, 9.17) is 19.3 Å². The third-order valence-electron chi connectivity index (χ3n) is 2.64. The molecule has 0 bridgehead atoms. The molecule has 0 aliphatic heterocycles. The van der Waals surface area contributed by atoms with E-state index in [0.29, 0.717) is 5.75 Å². The highest BCUT2D eigenvalue weighted by atomic mass is 32.2. The number of carboxylic acids is 1. The second-order valence-electron chi connectivity index (χ2n) is 4.04. The average Bonchev–Trinajstić information content (AvgIpc) is 2.44. The van der Waals surface area contributed by atoms with Gasteiger partial charge in [0.1, 0.15) is 23.3 Å². The van der Waals surface area contributed by atoms with Crippen LogP contribution in [0.25, 0.3) is 0 Å². The van der Waals surface area contributed by atoms with Crippen LogP contribution in [0.1, 0.15) is 6.92 Å². The zero-order chi connectivity index (χ0) is 16.2. The molecule has 8 nitrogen and oxygen atoms in total. The summed E-state index contributed by atoms with van der Waals surface area (Å²) in [6.07, 6.45) is 0. The van der Waals surface area contributed by atoms with Crippen molar-refractivity contribution in [1.82, 2.24) is 4.72 Å². The number of rotatable bonds is 7. The summed E-state index contributed by atoms with van der Waals surface area (Å²) in [5.74, 6) is -0.994. The Balaban J connectivity index is 3.43. The Kier molecular flexibility index (Phi) is 5.39. The first-order valence-electron chi connectivity index (χ1n) is 5.82. The van der Waals surface area contributed by atoms with Gasteiger partial charge in [-0.2, -0.15) is 4.72 Å². The maximum Gasteiger partial charge on any atom is 0.321 e. The predicted octanol–water partition coefficient (Wildman–Crippen LogP) is 0.464. The van der Waals surface area contributed by atoms with Gasteiger partial charge < -0.3 is 19.3 Å². The molecule has 0 unspecified atom stereocenters. The van der Waals surface area contributed by atoms with Crippen LogP contribution < -0.4 is 18.9 Å². The van der Waals surface area contributed by atoms with Crippen molar-refractivity contribution in [2.45, 2.75) is 17.9 Å². The van der Waals surface area contributed by atoms with Gasteiger partial charge in [-0.05, 0) is 6.92 Å². The van der Waals surface area contributed by atoms with Gasteiger partial charge in [-0.15, -0.1) is 0 Å². The fraction of sp³-hybridized carbons (Fsp3) is 0.417. The summed E-state index contributed by atoms with van der Waals surface area (Å²) in [6.45, 7) is 1.21. The van der Waals surface area contributed by atoms with Crippen LogP contribution in [-0.4, -0.2) is 46.9 Å². The molecule has 0 heterocycles. The molecule has 1 aromatic carbocycles. The molecule has 21 heavy (non-hydrogen) atoms. The van der Waals surface area contributed by atoms with Crippen molar-refractivity contribution < 1.29 is 32.5 Å². The standard InChI is InChI=1S/C12H17NO7S/c1-7(12(14)15)13-21(16,17)11-9(19-3)5-8(18-2)6-10(11)20-4/h5-7,13H,1-4H3,(H,14,15)/t7-/m0/s1. The summed E-state index contributed by atoms with van der Waals surface area (Å²) < 4.78 is 41.8. The van der Waals surface area contributed by atoms with Gasteiger partial charge in [0.15, 0.2) is 4.90 Å². The molecule has 0 aliphatic rings. The van der Waals surface area contributed by atoms with E-state index in [1.807, 2.05) is 4.72 Å². The molecule has 0 saturated heterocycles. The first-order chi connectivity index (χ1) is 9.76. The van der Waals surface area contributed by atoms with Crippen LogP contribution in [0.5, 0.6) is 17.2 Å². The summed E-state index contributed by atoms with van der Waals surface area (Å²) in [7, 11) is -0.170. The van der Waals surface area contributed by atoms with Crippen molar-refractivity contribution in [3.8, 4) is 17.2 Å². The molecule has 0 radical (unpaired) electrons. The predicted molar refractivity (Wildman–Crippen MR) is 73.5 cm³/mol. The summed E-state index contributed by atoms with van der Waals surface area (Å²) in [5, 5.41) is 8.82. The molecule has 2 N–H and O–H groups in total. The number of hydrogen-bond acceptors (Lipinski definition) is 6. The Labute approximate surface area is 122 Å².